The molecule has 0 spiro atoms. The Kier molecular flexibility index (Phi) is 3.80. The number of amides is 1. The van der Waals surface area contributed by atoms with Crippen LogP contribution in [0.25, 0.3) is 0 Å². The van der Waals surface area contributed by atoms with Gasteiger partial charge in [0.2, 0.25) is 5.91 Å². The minimum Gasteiger partial charge on any atom is -0.352 e. The molecule has 3 nitrogen and oxygen atoms in total. The number of hydrogen-bond donors (Lipinski definition) is 2. The molecule has 0 aromatic heterocycles. The van der Waals surface area contributed by atoms with Crippen LogP contribution in [0, 0.1) is 5.92 Å². The summed E-state index contributed by atoms with van der Waals surface area (Å²) in [6.45, 7) is 2.78. The van der Waals surface area contributed by atoms with Crippen molar-refractivity contribution in [3.63, 3.8) is 0 Å². The number of carbonyl (C=O) groups excluding carboxylic acids is 1. The second kappa shape index (κ2) is 4.96. The Bertz CT molecular complexity index is 264. The van der Waals surface area contributed by atoms with Crippen LogP contribution in [-0.4, -0.2) is 29.0 Å². The van der Waals surface area contributed by atoms with E-state index < -0.39 is 0 Å². The molecule has 1 amide bonds. The van der Waals surface area contributed by atoms with Crippen molar-refractivity contribution in [1.29, 1.82) is 0 Å². The van der Waals surface area contributed by atoms with Crippen molar-refractivity contribution in [3.05, 3.63) is 0 Å². The van der Waals surface area contributed by atoms with Crippen molar-refractivity contribution >= 4 is 17.7 Å². The third-order valence-corrected chi connectivity index (χ3v) is 5.50. The molecule has 0 radical (unpaired) electrons. The number of nitrogens with two attached hydrogens (primary N) is 1. The monoisotopic (exact) mass is 242 g/mol. The number of carbonyl (C=O) groups is 1. The molecule has 2 aliphatic rings. The number of hydrogen-bond acceptors (Lipinski definition) is 3. The second-order valence-electron chi connectivity index (χ2n) is 5.19. The second-order valence-corrected chi connectivity index (χ2v) is 6.79. The molecule has 1 aliphatic carbocycles. The Morgan fingerprint density at radius 2 is 2.31 bits per heavy atom. The lowest BCUT2D eigenvalue weighted by Crippen LogP contribution is -2.47. The molecular weight excluding hydrogens is 220 g/mol. The standard InChI is InChI=1S/C12H22N2OS/c1-12(6-3-7-16-12)11(15)14-10-5-2-4-9(10)8-13/h9-10H,2-8,13H2,1H3,(H,14,15). The number of rotatable bonds is 3. The predicted octanol–water partition coefficient (Wildman–Crippen LogP) is 1.52. The largest absolute Gasteiger partial charge is 0.352 e. The molecule has 2 rings (SSSR count). The van der Waals surface area contributed by atoms with Crippen LogP contribution >= 0.6 is 11.8 Å². The van der Waals surface area contributed by atoms with Crippen LogP contribution in [0.4, 0.5) is 0 Å². The summed E-state index contributed by atoms with van der Waals surface area (Å²) in [7, 11) is 0. The quantitative estimate of drug-likeness (QED) is 0.789. The van der Waals surface area contributed by atoms with Gasteiger partial charge in [0.25, 0.3) is 0 Å². The zero-order chi connectivity index (χ0) is 11.6. The summed E-state index contributed by atoms with van der Waals surface area (Å²) >= 11 is 1.80. The molecule has 0 aromatic rings. The van der Waals surface area contributed by atoms with Crippen LogP contribution in [0.5, 0.6) is 0 Å². The van der Waals surface area contributed by atoms with Crippen LogP contribution in [0.15, 0.2) is 0 Å². The molecule has 0 aromatic carbocycles. The van der Waals surface area contributed by atoms with E-state index in [1.807, 2.05) is 0 Å². The Hall–Kier alpha value is -0.220. The molecule has 1 aliphatic heterocycles. The highest BCUT2D eigenvalue weighted by molar-refractivity contribution is 8.01. The lowest BCUT2D eigenvalue weighted by molar-refractivity contribution is -0.124. The fourth-order valence-corrected chi connectivity index (χ4v) is 4.01. The molecule has 92 valence electrons. The van der Waals surface area contributed by atoms with E-state index in [-0.39, 0.29) is 10.7 Å². The lowest BCUT2D eigenvalue weighted by Gasteiger charge is -2.26. The molecule has 4 heteroatoms. The molecule has 1 saturated heterocycles. The summed E-state index contributed by atoms with van der Waals surface area (Å²) in [4.78, 5) is 12.2. The number of nitrogens with one attached hydrogen (secondary N) is 1. The van der Waals surface area contributed by atoms with Crippen molar-refractivity contribution in [3.8, 4) is 0 Å². The maximum absolute atomic E-state index is 12.2. The van der Waals surface area contributed by atoms with Gasteiger partial charge in [-0.1, -0.05) is 6.42 Å². The average Bonchev–Trinajstić information content (AvgIpc) is 2.87. The molecule has 3 atom stereocenters. The Morgan fingerprint density at radius 3 is 2.94 bits per heavy atom. The smallest absolute Gasteiger partial charge is 0.236 e. The highest BCUT2D eigenvalue weighted by Crippen LogP contribution is 2.38. The van der Waals surface area contributed by atoms with Crippen molar-refractivity contribution in [1.82, 2.24) is 5.32 Å². The first-order valence-corrected chi connectivity index (χ1v) is 7.29. The molecule has 3 N–H and O–H groups in total. The molecule has 0 bridgehead atoms. The average molecular weight is 242 g/mol. The fraction of sp³-hybridized carbons (Fsp3) is 0.917. The molecule has 3 unspecified atom stereocenters. The van der Waals surface area contributed by atoms with Gasteiger partial charge >= 0.3 is 0 Å². The van der Waals surface area contributed by atoms with Gasteiger partial charge in [0, 0.05) is 6.04 Å². The SMILES string of the molecule is CC1(C(=O)NC2CCCC2CN)CCCS1. The van der Waals surface area contributed by atoms with Gasteiger partial charge in [-0.25, -0.2) is 0 Å². The normalized spacial score (nSPS) is 38.9. The highest BCUT2D eigenvalue weighted by atomic mass is 32.2. The molecule has 1 heterocycles. The van der Waals surface area contributed by atoms with E-state index in [0.29, 0.717) is 18.5 Å². The third-order valence-electron chi connectivity index (χ3n) is 3.98. The summed E-state index contributed by atoms with van der Waals surface area (Å²) < 4.78 is -0.179. The van der Waals surface area contributed by atoms with Crippen molar-refractivity contribution in [2.24, 2.45) is 11.7 Å². The van der Waals surface area contributed by atoms with E-state index in [1.54, 1.807) is 11.8 Å². The van der Waals surface area contributed by atoms with Gasteiger partial charge in [-0.05, 0) is 50.8 Å². The summed E-state index contributed by atoms with van der Waals surface area (Å²) in [5, 5.41) is 3.22. The number of thioether (sulfide) groups is 1. The third kappa shape index (κ3) is 2.38. The summed E-state index contributed by atoms with van der Waals surface area (Å²) in [5.41, 5.74) is 5.73. The first kappa shape index (κ1) is 12.2. The maximum atomic E-state index is 12.2. The first-order valence-electron chi connectivity index (χ1n) is 6.31. The highest BCUT2D eigenvalue weighted by Gasteiger charge is 2.39. The lowest BCUT2D eigenvalue weighted by atomic mass is 10.0. The van der Waals surface area contributed by atoms with Crippen molar-refractivity contribution in [2.75, 3.05) is 12.3 Å². The van der Waals surface area contributed by atoms with E-state index in [2.05, 4.69) is 12.2 Å². The van der Waals surface area contributed by atoms with Crippen LogP contribution in [0.1, 0.15) is 39.0 Å². The van der Waals surface area contributed by atoms with Crippen molar-refractivity contribution in [2.45, 2.75) is 49.8 Å². The van der Waals surface area contributed by atoms with Gasteiger partial charge in [-0.3, -0.25) is 4.79 Å². The topological polar surface area (TPSA) is 55.1 Å². The molecule has 1 saturated carbocycles. The first-order chi connectivity index (χ1) is 7.65. The van der Waals surface area contributed by atoms with Gasteiger partial charge in [0.05, 0.1) is 4.75 Å². The zero-order valence-corrected chi connectivity index (χ0v) is 10.8. The van der Waals surface area contributed by atoms with Gasteiger partial charge in [0.1, 0.15) is 0 Å². The molecular formula is C12H22N2OS. The minimum atomic E-state index is -0.179. The Morgan fingerprint density at radius 1 is 1.50 bits per heavy atom. The minimum absolute atomic E-state index is 0.179. The van der Waals surface area contributed by atoms with E-state index in [9.17, 15) is 4.79 Å². The van der Waals surface area contributed by atoms with Gasteiger partial charge in [-0.15, -0.1) is 11.8 Å². The predicted molar refractivity (Wildman–Crippen MR) is 68.4 cm³/mol. The molecule has 16 heavy (non-hydrogen) atoms. The van der Waals surface area contributed by atoms with Crippen LogP contribution in [-0.2, 0) is 4.79 Å². The summed E-state index contributed by atoms with van der Waals surface area (Å²) in [6.07, 6.45) is 5.67. The Balaban J connectivity index is 1.91. The van der Waals surface area contributed by atoms with E-state index >= 15 is 0 Å². The summed E-state index contributed by atoms with van der Waals surface area (Å²) in [6, 6.07) is 0.329. The summed E-state index contributed by atoms with van der Waals surface area (Å²) in [5.74, 6) is 1.86. The van der Waals surface area contributed by atoms with Crippen LogP contribution in [0.2, 0.25) is 0 Å². The van der Waals surface area contributed by atoms with Crippen LogP contribution in [0.3, 0.4) is 0 Å². The maximum Gasteiger partial charge on any atom is 0.236 e. The van der Waals surface area contributed by atoms with Gasteiger partial charge in [0.15, 0.2) is 0 Å². The Labute approximate surface area is 102 Å². The fourth-order valence-electron chi connectivity index (χ4n) is 2.79. The van der Waals surface area contributed by atoms with Crippen LogP contribution < -0.4 is 11.1 Å². The van der Waals surface area contributed by atoms with E-state index in [0.717, 1.165) is 18.6 Å². The van der Waals surface area contributed by atoms with Gasteiger partial charge in [-0.2, -0.15) is 0 Å². The van der Waals surface area contributed by atoms with E-state index in [1.165, 1.54) is 19.3 Å². The van der Waals surface area contributed by atoms with E-state index in [4.69, 9.17) is 5.73 Å². The zero-order valence-electron chi connectivity index (χ0n) is 10.00. The van der Waals surface area contributed by atoms with Gasteiger partial charge < -0.3 is 11.1 Å². The molecule has 2 fully saturated rings. The van der Waals surface area contributed by atoms with Crippen molar-refractivity contribution < 1.29 is 4.79 Å².